The van der Waals surface area contributed by atoms with Gasteiger partial charge in [0.15, 0.2) is 6.54 Å². The smallest absolute Gasteiger partial charge is 0.279 e. The predicted molar refractivity (Wildman–Crippen MR) is 86.3 cm³/mol. The highest BCUT2D eigenvalue weighted by molar-refractivity contribution is 5.94. The molecule has 0 heterocycles. The first kappa shape index (κ1) is 16.5. The van der Waals surface area contributed by atoms with Gasteiger partial charge in [0.2, 0.25) is 5.91 Å². The van der Waals surface area contributed by atoms with Gasteiger partial charge in [-0.1, -0.05) is 13.8 Å². The second-order valence-electron chi connectivity index (χ2n) is 6.36. The molecule has 5 heteroatoms. The van der Waals surface area contributed by atoms with Gasteiger partial charge in [-0.2, -0.15) is 0 Å². The number of amides is 2. The molecule has 1 aliphatic rings. The number of quaternary nitrogens is 1. The molecule has 5 nitrogen and oxygen atoms in total. The number of anilines is 1. The van der Waals surface area contributed by atoms with Crippen molar-refractivity contribution in [2.45, 2.75) is 39.2 Å². The van der Waals surface area contributed by atoms with Crippen LogP contribution in [0.5, 0.6) is 0 Å². The summed E-state index contributed by atoms with van der Waals surface area (Å²) in [4.78, 5) is 23.0. The minimum Gasteiger partial charge on any atom is -0.366 e. The van der Waals surface area contributed by atoms with Gasteiger partial charge < -0.3 is 16.4 Å². The van der Waals surface area contributed by atoms with Gasteiger partial charge in [-0.25, -0.2) is 0 Å². The van der Waals surface area contributed by atoms with E-state index in [1.165, 1.54) is 19.3 Å². The van der Waals surface area contributed by atoms with E-state index in [1.54, 1.807) is 24.3 Å². The first-order chi connectivity index (χ1) is 10.5. The van der Waals surface area contributed by atoms with Gasteiger partial charge in [0.05, 0.1) is 6.04 Å². The quantitative estimate of drug-likeness (QED) is 0.761. The first-order valence-electron chi connectivity index (χ1n) is 8.00. The SMILES string of the molecule is C[C@H]1[C@@H](C)CCC[C@H]1[NH2+]CC(=O)Nc1ccc(C(N)=O)cc1. The number of carbonyl (C=O) groups excluding carboxylic acids is 2. The normalized spacial score (nSPS) is 24.7. The van der Waals surface area contributed by atoms with Crippen molar-refractivity contribution in [3.8, 4) is 0 Å². The molecule has 0 aromatic heterocycles. The monoisotopic (exact) mass is 304 g/mol. The van der Waals surface area contributed by atoms with E-state index in [9.17, 15) is 9.59 Å². The van der Waals surface area contributed by atoms with Gasteiger partial charge in [0, 0.05) is 17.2 Å². The maximum absolute atomic E-state index is 12.0. The highest BCUT2D eigenvalue weighted by Crippen LogP contribution is 2.27. The van der Waals surface area contributed by atoms with E-state index in [1.807, 2.05) is 0 Å². The van der Waals surface area contributed by atoms with Crippen molar-refractivity contribution in [2.75, 3.05) is 11.9 Å². The molecule has 3 atom stereocenters. The Hall–Kier alpha value is -1.88. The van der Waals surface area contributed by atoms with E-state index in [4.69, 9.17) is 5.73 Å². The Morgan fingerprint density at radius 2 is 1.91 bits per heavy atom. The lowest BCUT2D eigenvalue weighted by Crippen LogP contribution is -2.93. The molecule has 22 heavy (non-hydrogen) atoms. The third-order valence-corrected chi connectivity index (χ3v) is 4.83. The highest BCUT2D eigenvalue weighted by atomic mass is 16.2. The Balaban J connectivity index is 1.81. The lowest BCUT2D eigenvalue weighted by Gasteiger charge is -2.31. The molecular weight excluding hydrogens is 278 g/mol. The van der Waals surface area contributed by atoms with E-state index >= 15 is 0 Å². The van der Waals surface area contributed by atoms with E-state index in [-0.39, 0.29) is 5.91 Å². The van der Waals surface area contributed by atoms with Crippen molar-refractivity contribution in [3.05, 3.63) is 29.8 Å². The molecular formula is C17H26N3O2+. The van der Waals surface area contributed by atoms with Gasteiger partial charge in [-0.05, 0) is 49.4 Å². The summed E-state index contributed by atoms with van der Waals surface area (Å²) in [6.07, 6.45) is 3.74. The minimum atomic E-state index is -0.466. The lowest BCUT2D eigenvalue weighted by atomic mass is 9.78. The Morgan fingerprint density at radius 3 is 2.55 bits per heavy atom. The van der Waals surface area contributed by atoms with Crippen molar-refractivity contribution in [1.82, 2.24) is 0 Å². The zero-order valence-electron chi connectivity index (χ0n) is 13.3. The van der Waals surface area contributed by atoms with E-state index in [2.05, 4.69) is 24.5 Å². The zero-order valence-corrected chi connectivity index (χ0v) is 13.3. The van der Waals surface area contributed by atoms with Crippen LogP contribution in [-0.2, 0) is 4.79 Å². The van der Waals surface area contributed by atoms with Crippen LogP contribution in [0.3, 0.4) is 0 Å². The number of hydrogen-bond donors (Lipinski definition) is 3. The molecule has 0 spiro atoms. The lowest BCUT2D eigenvalue weighted by molar-refractivity contribution is -0.688. The fourth-order valence-electron chi connectivity index (χ4n) is 3.14. The molecule has 0 aliphatic heterocycles. The molecule has 5 N–H and O–H groups in total. The zero-order chi connectivity index (χ0) is 16.1. The third-order valence-electron chi connectivity index (χ3n) is 4.83. The number of primary amides is 1. The molecule has 0 saturated heterocycles. The molecule has 1 aliphatic carbocycles. The molecule has 1 fully saturated rings. The number of carbonyl (C=O) groups is 2. The molecule has 2 amide bonds. The van der Waals surface area contributed by atoms with E-state index in [0.29, 0.717) is 29.8 Å². The standard InChI is InChI=1S/C17H25N3O2/c1-11-4-3-5-15(12(11)2)19-10-16(21)20-14-8-6-13(7-9-14)17(18)22/h6-9,11-12,15,19H,3-5,10H2,1-2H3,(H2,18,22)(H,20,21)/p+1/t11-,12-,15+/m0/s1. The average Bonchev–Trinajstić information content (AvgIpc) is 2.49. The van der Waals surface area contributed by atoms with Gasteiger partial charge in [0.25, 0.3) is 5.91 Å². The molecule has 1 saturated carbocycles. The fraction of sp³-hybridized carbons (Fsp3) is 0.529. The second kappa shape index (κ2) is 7.40. The molecule has 0 unspecified atom stereocenters. The van der Waals surface area contributed by atoms with Crippen LogP contribution >= 0.6 is 0 Å². The summed E-state index contributed by atoms with van der Waals surface area (Å²) in [6, 6.07) is 7.16. The predicted octanol–water partition coefficient (Wildman–Crippen LogP) is 1.11. The molecule has 1 aromatic rings. The summed E-state index contributed by atoms with van der Waals surface area (Å²) in [5.41, 5.74) is 6.32. The van der Waals surface area contributed by atoms with Crippen molar-refractivity contribution in [1.29, 1.82) is 0 Å². The van der Waals surface area contributed by atoms with Crippen LogP contribution in [0, 0.1) is 11.8 Å². The Labute approximate surface area is 131 Å². The van der Waals surface area contributed by atoms with Crippen molar-refractivity contribution in [3.63, 3.8) is 0 Å². The third kappa shape index (κ3) is 4.31. The molecule has 1 aromatic carbocycles. The van der Waals surface area contributed by atoms with Gasteiger partial charge in [0.1, 0.15) is 0 Å². The number of nitrogens with two attached hydrogens (primary N) is 2. The second-order valence-corrected chi connectivity index (χ2v) is 6.36. The average molecular weight is 304 g/mol. The summed E-state index contributed by atoms with van der Waals surface area (Å²) in [5.74, 6) is 0.902. The Morgan fingerprint density at radius 1 is 1.23 bits per heavy atom. The maximum atomic E-state index is 12.0. The summed E-state index contributed by atoms with van der Waals surface area (Å²) in [6.45, 7) is 5.01. The van der Waals surface area contributed by atoms with Crippen LogP contribution in [0.25, 0.3) is 0 Å². The molecule has 2 rings (SSSR count). The van der Waals surface area contributed by atoms with Gasteiger partial charge in [-0.15, -0.1) is 0 Å². The number of benzene rings is 1. The largest absolute Gasteiger partial charge is 0.366 e. The number of nitrogens with one attached hydrogen (secondary N) is 1. The minimum absolute atomic E-state index is 0.0164. The summed E-state index contributed by atoms with van der Waals surface area (Å²) in [5, 5.41) is 5.01. The maximum Gasteiger partial charge on any atom is 0.279 e. The van der Waals surface area contributed by atoms with Crippen LogP contribution in [0.1, 0.15) is 43.5 Å². The van der Waals surface area contributed by atoms with Crippen molar-refractivity contribution >= 4 is 17.5 Å². The first-order valence-corrected chi connectivity index (χ1v) is 8.00. The van der Waals surface area contributed by atoms with Crippen LogP contribution < -0.4 is 16.4 Å². The molecule has 120 valence electrons. The fourth-order valence-corrected chi connectivity index (χ4v) is 3.14. The Kier molecular flexibility index (Phi) is 5.55. The van der Waals surface area contributed by atoms with Crippen LogP contribution in [0.2, 0.25) is 0 Å². The highest BCUT2D eigenvalue weighted by Gasteiger charge is 2.29. The number of hydrogen-bond acceptors (Lipinski definition) is 2. The van der Waals surface area contributed by atoms with Gasteiger partial charge >= 0.3 is 0 Å². The molecule has 0 bridgehead atoms. The Bertz CT molecular complexity index is 527. The summed E-state index contributed by atoms with van der Waals surface area (Å²) >= 11 is 0. The van der Waals surface area contributed by atoms with Crippen molar-refractivity contribution < 1.29 is 14.9 Å². The number of rotatable bonds is 5. The van der Waals surface area contributed by atoms with Crippen LogP contribution in [0.4, 0.5) is 5.69 Å². The topological polar surface area (TPSA) is 88.8 Å². The van der Waals surface area contributed by atoms with Crippen molar-refractivity contribution in [2.24, 2.45) is 17.6 Å². The van der Waals surface area contributed by atoms with Crippen LogP contribution in [-0.4, -0.2) is 24.4 Å². The molecule has 0 radical (unpaired) electrons. The van der Waals surface area contributed by atoms with E-state index in [0.717, 1.165) is 5.92 Å². The van der Waals surface area contributed by atoms with Crippen LogP contribution in [0.15, 0.2) is 24.3 Å². The summed E-state index contributed by atoms with van der Waals surface area (Å²) < 4.78 is 0. The van der Waals surface area contributed by atoms with Gasteiger partial charge in [-0.3, -0.25) is 9.59 Å². The van der Waals surface area contributed by atoms with E-state index < -0.39 is 5.91 Å². The summed E-state index contributed by atoms with van der Waals surface area (Å²) in [7, 11) is 0.